The molecule has 162 valence electrons. The zero-order valence-corrected chi connectivity index (χ0v) is 17.8. The summed E-state index contributed by atoms with van der Waals surface area (Å²) in [5.41, 5.74) is 3.33. The van der Waals surface area contributed by atoms with E-state index in [1.54, 1.807) is 24.0 Å². The molecular weight excluding hydrogens is 397 g/mol. The van der Waals surface area contributed by atoms with Crippen LogP contribution in [-0.4, -0.2) is 57.8 Å². The lowest BCUT2D eigenvalue weighted by molar-refractivity contribution is 0.106. The van der Waals surface area contributed by atoms with E-state index in [1.165, 1.54) is 4.57 Å². The second-order valence-corrected chi connectivity index (χ2v) is 8.41. The molecule has 0 bridgehead atoms. The smallest absolute Gasteiger partial charge is 0.330 e. The summed E-state index contributed by atoms with van der Waals surface area (Å²) in [6.07, 6.45) is 2.46. The zero-order chi connectivity index (χ0) is 21.7. The van der Waals surface area contributed by atoms with Gasteiger partial charge in [-0.2, -0.15) is 0 Å². The van der Waals surface area contributed by atoms with Gasteiger partial charge in [0.2, 0.25) is 0 Å². The number of halogens is 1. The van der Waals surface area contributed by atoms with Gasteiger partial charge >= 0.3 is 5.69 Å². The van der Waals surface area contributed by atoms with Crippen LogP contribution in [0.3, 0.4) is 0 Å². The van der Waals surface area contributed by atoms with E-state index in [0.29, 0.717) is 24.5 Å². The van der Waals surface area contributed by atoms with Crippen molar-refractivity contribution in [1.29, 1.82) is 0 Å². The van der Waals surface area contributed by atoms with Gasteiger partial charge in [-0.3, -0.25) is 14.1 Å². The lowest BCUT2D eigenvalue weighted by atomic mass is 10.0. The van der Waals surface area contributed by atoms with Gasteiger partial charge in [0.05, 0.1) is 17.8 Å². The number of hydrogen-bond acceptors (Lipinski definition) is 6. The number of imidazole rings is 1. The number of anilines is 2. The summed E-state index contributed by atoms with van der Waals surface area (Å²) >= 11 is 0. The number of nitrogens with zero attached hydrogens (tertiary/aromatic N) is 5. The Kier molecular flexibility index (Phi) is 4.77. The van der Waals surface area contributed by atoms with E-state index in [0.717, 1.165) is 28.7 Å². The van der Waals surface area contributed by atoms with Crippen LogP contribution in [0.2, 0.25) is 0 Å². The number of hydrogen-bond donors (Lipinski definition) is 2. The number of aromatic nitrogens is 3. The SMILES string of the molecule is Cc1cc2ncccc2cc1NC1N=Cc2c(n([C@@H]3CCN(C)C[C@@H]3F)c(=O)n2C)N1. The van der Waals surface area contributed by atoms with Crippen LogP contribution in [0, 0.1) is 6.92 Å². The van der Waals surface area contributed by atoms with E-state index in [9.17, 15) is 9.18 Å². The number of fused-ring (bicyclic) bond motifs is 2. The Balaban J connectivity index is 1.46. The molecular formula is C22H26FN7O. The Morgan fingerprint density at radius 2 is 2.13 bits per heavy atom. The first-order valence-corrected chi connectivity index (χ1v) is 10.5. The van der Waals surface area contributed by atoms with Crippen LogP contribution in [0.15, 0.2) is 40.2 Å². The summed E-state index contributed by atoms with van der Waals surface area (Å²) in [6, 6.07) is 7.49. The molecule has 2 aliphatic heterocycles. The number of pyridine rings is 1. The summed E-state index contributed by atoms with van der Waals surface area (Å²) in [6.45, 7) is 3.08. The van der Waals surface area contributed by atoms with Crippen LogP contribution in [0.5, 0.6) is 0 Å². The molecule has 3 atom stereocenters. The highest BCUT2D eigenvalue weighted by Crippen LogP contribution is 2.30. The number of likely N-dealkylation sites (tertiary alicyclic amines) is 1. The van der Waals surface area contributed by atoms with Crippen LogP contribution in [-0.2, 0) is 7.05 Å². The predicted molar refractivity (Wildman–Crippen MR) is 121 cm³/mol. The van der Waals surface area contributed by atoms with Gasteiger partial charge in [-0.05, 0) is 44.2 Å². The van der Waals surface area contributed by atoms with Gasteiger partial charge < -0.3 is 15.5 Å². The summed E-state index contributed by atoms with van der Waals surface area (Å²) < 4.78 is 18.0. The number of aliphatic imine (C=N–C) groups is 1. The van der Waals surface area contributed by atoms with Crippen LogP contribution in [0.4, 0.5) is 15.9 Å². The van der Waals surface area contributed by atoms with Gasteiger partial charge in [-0.15, -0.1) is 0 Å². The third kappa shape index (κ3) is 3.38. The molecule has 4 heterocycles. The fourth-order valence-electron chi connectivity index (χ4n) is 4.49. The number of nitrogens with one attached hydrogen (secondary N) is 2. The number of alkyl halides is 1. The van der Waals surface area contributed by atoms with Crippen molar-refractivity contribution in [2.24, 2.45) is 12.0 Å². The van der Waals surface area contributed by atoms with Gasteiger partial charge in [0, 0.05) is 37.4 Å². The second-order valence-electron chi connectivity index (χ2n) is 8.41. The molecule has 3 aromatic rings. The van der Waals surface area contributed by atoms with Crippen molar-refractivity contribution in [3.05, 3.63) is 52.2 Å². The molecule has 2 aromatic heterocycles. The Hall–Kier alpha value is -3.20. The molecule has 9 heteroatoms. The number of piperidine rings is 1. The highest BCUT2D eigenvalue weighted by atomic mass is 19.1. The third-order valence-corrected chi connectivity index (χ3v) is 6.24. The lowest BCUT2D eigenvalue weighted by Gasteiger charge is -2.34. The van der Waals surface area contributed by atoms with Crippen LogP contribution < -0.4 is 16.3 Å². The van der Waals surface area contributed by atoms with Crippen LogP contribution in [0.1, 0.15) is 23.7 Å². The molecule has 5 rings (SSSR count). The van der Waals surface area contributed by atoms with Crippen molar-refractivity contribution < 1.29 is 4.39 Å². The fraction of sp³-hybridized carbons (Fsp3) is 0.409. The third-order valence-electron chi connectivity index (χ3n) is 6.24. The molecule has 0 radical (unpaired) electrons. The summed E-state index contributed by atoms with van der Waals surface area (Å²) in [5, 5.41) is 7.74. The minimum Gasteiger partial charge on any atom is -0.347 e. The first-order valence-electron chi connectivity index (χ1n) is 10.5. The average Bonchev–Trinajstić information content (AvgIpc) is 2.99. The highest BCUT2D eigenvalue weighted by molar-refractivity contribution is 5.88. The van der Waals surface area contributed by atoms with Gasteiger partial charge in [0.15, 0.2) is 6.29 Å². The Labute approximate surface area is 179 Å². The van der Waals surface area contributed by atoms with Gasteiger partial charge in [-0.1, -0.05) is 6.07 Å². The Morgan fingerprint density at radius 3 is 2.94 bits per heavy atom. The maximum absolute atomic E-state index is 14.9. The summed E-state index contributed by atoms with van der Waals surface area (Å²) in [5.74, 6) is 0.609. The highest BCUT2D eigenvalue weighted by Gasteiger charge is 2.34. The van der Waals surface area contributed by atoms with E-state index in [4.69, 9.17) is 0 Å². The molecule has 2 aliphatic rings. The van der Waals surface area contributed by atoms with E-state index >= 15 is 0 Å². The minimum atomic E-state index is -1.11. The summed E-state index contributed by atoms with van der Waals surface area (Å²) in [7, 11) is 3.60. The minimum absolute atomic E-state index is 0.227. The zero-order valence-electron chi connectivity index (χ0n) is 17.8. The van der Waals surface area contributed by atoms with E-state index in [-0.39, 0.29) is 5.69 Å². The van der Waals surface area contributed by atoms with Crippen molar-refractivity contribution in [1.82, 2.24) is 19.0 Å². The number of benzene rings is 1. The molecule has 1 saturated heterocycles. The van der Waals surface area contributed by atoms with Gasteiger partial charge in [-0.25, -0.2) is 14.2 Å². The molecule has 1 aromatic carbocycles. The van der Waals surface area contributed by atoms with E-state index < -0.39 is 18.5 Å². The molecule has 1 fully saturated rings. The van der Waals surface area contributed by atoms with Crippen molar-refractivity contribution >= 4 is 28.6 Å². The quantitative estimate of drug-likeness (QED) is 0.677. The largest absolute Gasteiger partial charge is 0.347 e. The average molecular weight is 423 g/mol. The normalized spacial score (nSPS) is 23.5. The molecule has 0 amide bonds. The van der Waals surface area contributed by atoms with Crippen molar-refractivity contribution in [3.63, 3.8) is 0 Å². The van der Waals surface area contributed by atoms with Crippen LogP contribution >= 0.6 is 0 Å². The van der Waals surface area contributed by atoms with Crippen molar-refractivity contribution in [2.45, 2.75) is 31.8 Å². The first kappa shape index (κ1) is 19.7. The molecule has 8 nitrogen and oxygen atoms in total. The van der Waals surface area contributed by atoms with Crippen LogP contribution in [0.25, 0.3) is 10.9 Å². The maximum atomic E-state index is 14.9. The Bertz CT molecular complexity index is 1230. The molecule has 2 N–H and O–H groups in total. The first-order chi connectivity index (χ1) is 14.9. The summed E-state index contributed by atoms with van der Waals surface area (Å²) in [4.78, 5) is 23.9. The molecule has 0 saturated carbocycles. The van der Waals surface area contributed by atoms with Crippen molar-refractivity contribution in [3.8, 4) is 0 Å². The molecule has 31 heavy (non-hydrogen) atoms. The van der Waals surface area contributed by atoms with Gasteiger partial charge in [0.25, 0.3) is 0 Å². The number of rotatable bonds is 3. The van der Waals surface area contributed by atoms with Crippen molar-refractivity contribution in [2.75, 3.05) is 30.8 Å². The standard InChI is InChI=1S/C22H26FN7O/c1-13-9-17-14(5-4-7-24-17)10-16(13)26-21-25-11-19-20(27-21)30(22(31)29(19)3)18-6-8-28(2)12-15(18)23/h4-5,7,9-11,15,18,21,26-27H,6,8,12H2,1-3H3/t15-,18+,21?/m0/s1. The lowest BCUT2D eigenvalue weighted by Crippen LogP contribution is -2.44. The second kappa shape index (κ2) is 7.49. The Morgan fingerprint density at radius 1 is 1.29 bits per heavy atom. The molecule has 0 spiro atoms. The molecule has 1 unspecified atom stereocenters. The predicted octanol–water partition coefficient (Wildman–Crippen LogP) is 2.50. The van der Waals surface area contributed by atoms with E-state index in [2.05, 4.69) is 20.6 Å². The molecule has 0 aliphatic carbocycles. The topological polar surface area (TPSA) is 79.5 Å². The maximum Gasteiger partial charge on any atom is 0.330 e. The monoisotopic (exact) mass is 423 g/mol. The van der Waals surface area contributed by atoms with E-state index in [1.807, 2.05) is 43.1 Å². The fourth-order valence-corrected chi connectivity index (χ4v) is 4.49. The van der Waals surface area contributed by atoms with Gasteiger partial charge in [0.1, 0.15) is 17.7 Å². The number of aryl methyl sites for hydroxylation is 1.